The summed E-state index contributed by atoms with van der Waals surface area (Å²) in [6.45, 7) is 19.5. The zero-order chi connectivity index (χ0) is 57.7. The second-order valence-electron chi connectivity index (χ2n) is 20.9. The molecular formula is C60H77BrN3NaO14. The first-order chi connectivity index (χ1) is 36.0. The number of carboxylic acids is 1. The van der Waals surface area contributed by atoms with Gasteiger partial charge in [0.1, 0.15) is 16.8 Å². The zero-order valence-corrected chi connectivity index (χ0v) is 52.0. The molecule has 0 bridgehead atoms. The van der Waals surface area contributed by atoms with E-state index in [1.54, 1.807) is 63.6 Å². The molecule has 1 fully saturated rings. The van der Waals surface area contributed by atoms with Crippen LogP contribution in [0.5, 0.6) is 0 Å². The molecule has 0 unspecified atom stereocenters. The molecule has 0 atom stereocenters. The standard InChI is InChI=1S/C21H25NO4.C20H23NO4.C15H20BrNO4.C4H8O.Na.H2O/c1-21(2,3)26-20(24)22(4)14-15-11-12-17(19(23)25-5)18(13-15)16-9-7-6-8-10-16;1-20(2,3)25-19(24)21(4)13-14-10-11-16(18(22)23)17(12-14)15-8-6-5-7-9-15;1-15(2,3)21-14(19)17(4)9-10-6-7-11(12(16)8-10)13(18)20-5;1-2-4-5-3-1;;/h6-13H,14H2,1-5H3;5-12H,13H2,1-4H3,(H,22,23);6-8H,9H2,1-5H3;1-4H2;;1H2/q;;;;+1;/p-1. The summed E-state index contributed by atoms with van der Waals surface area (Å²) in [5.74, 6) is -1.78. The van der Waals surface area contributed by atoms with Crippen LogP contribution in [0.15, 0.2) is 120 Å². The van der Waals surface area contributed by atoms with E-state index < -0.39 is 53.0 Å². The van der Waals surface area contributed by atoms with E-state index in [0.717, 1.165) is 46.6 Å². The molecule has 6 rings (SSSR count). The van der Waals surface area contributed by atoms with Crippen molar-refractivity contribution in [2.45, 2.75) is 112 Å². The Hall–Kier alpha value is -6.28. The Morgan fingerprint density at radius 2 is 0.823 bits per heavy atom. The van der Waals surface area contributed by atoms with Crippen molar-refractivity contribution in [3.63, 3.8) is 0 Å². The Kier molecular flexibility index (Phi) is 29.9. The zero-order valence-electron chi connectivity index (χ0n) is 48.4. The third kappa shape index (κ3) is 25.6. The summed E-state index contributed by atoms with van der Waals surface area (Å²) in [6.07, 6.45) is 1.35. The van der Waals surface area contributed by atoms with Crippen LogP contribution in [0.25, 0.3) is 22.3 Å². The Balaban J connectivity index is 0.000000561. The van der Waals surface area contributed by atoms with E-state index in [4.69, 9.17) is 23.7 Å². The van der Waals surface area contributed by atoms with Gasteiger partial charge in [0.15, 0.2) is 0 Å². The predicted octanol–water partition coefficient (Wildman–Crippen LogP) is 10.2. The Bertz CT molecular complexity index is 2750. The summed E-state index contributed by atoms with van der Waals surface area (Å²) in [7, 11) is 7.70. The maximum Gasteiger partial charge on any atom is 1.00 e. The van der Waals surface area contributed by atoms with Crippen molar-refractivity contribution in [2.24, 2.45) is 0 Å². The first-order valence-corrected chi connectivity index (χ1v) is 25.8. The van der Waals surface area contributed by atoms with Gasteiger partial charge in [-0.05, 0) is 166 Å². The van der Waals surface area contributed by atoms with Crippen LogP contribution >= 0.6 is 15.9 Å². The van der Waals surface area contributed by atoms with Gasteiger partial charge in [-0.3, -0.25) is 0 Å². The smallest absolute Gasteiger partial charge is 0.870 e. The maximum absolute atomic E-state index is 12.2. The largest absolute Gasteiger partial charge is 1.00 e. The normalized spacial score (nSPS) is 11.5. The number of hydrogen-bond acceptors (Lipinski definition) is 13. The van der Waals surface area contributed by atoms with Crippen LogP contribution in [-0.4, -0.2) is 127 Å². The average molecular weight is 1170 g/mol. The van der Waals surface area contributed by atoms with Crippen molar-refractivity contribution >= 4 is 52.1 Å². The van der Waals surface area contributed by atoms with Gasteiger partial charge < -0.3 is 53.7 Å². The number of rotatable bonds is 11. The van der Waals surface area contributed by atoms with Gasteiger partial charge in [-0.15, -0.1) is 0 Å². The van der Waals surface area contributed by atoms with E-state index >= 15 is 0 Å². The predicted molar refractivity (Wildman–Crippen MR) is 303 cm³/mol. The molecule has 17 nitrogen and oxygen atoms in total. The van der Waals surface area contributed by atoms with Gasteiger partial charge in [0.2, 0.25) is 0 Å². The van der Waals surface area contributed by atoms with E-state index in [0.29, 0.717) is 40.8 Å². The van der Waals surface area contributed by atoms with Gasteiger partial charge in [0.05, 0.1) is 30.9 Å². The number of halogens is 1. The van der Waals surface area contributed by atoms with Crippen LogP contribution in [0, 0.1) is 0 Å². The van der Waals surface area contributed by atoms with Crippen molar-refractivity contribution in [2.75, 3.05) is 48.6 Å². The molecule has 0 radical (unpaired) electrons. The SMILES string of the molecule is C1CCOC1.CN(Cc1ccc(C(=O)O)c(-c2ccccc2)c1)C(=O)OC(C)(C)C.COC(=O)c1ccc(CN(C)C(=O)OC(C)(C)C)cc1-c1ccccc1.COC(=O)c1ccc(CN(C)C(=O)OC(C)(C)C)cc1Br.[Na+].[OH-]. The number of esters is 2. The van der Waals surface area contributed by atoms with Crippen molar-refractivity contribution in [3.8, 4) is 22.3 Å². The van der Waals surface area contributed by atoms with Crippen molar-refractivity contribution in [1.82, 2.24) is 14.7 Å². The minimum Gasteiger partial charge on any atom is -0.870 e. The van der Waals surface area contributed by atoms with E-state index in [1.165, 1.54) is 41.8 Å². The number of hydrogen-bond donors (Lipinski definition) is 1. The van der Waals surface area contributed by atoms with E-state index in [9.17, 15) is 33.9 Å². The van der Waals surface area contributed by atoms with Gasteiger partial charge in [-0.2, -0.15) is 0 Å². The first kappa shape index (κ1) is 70.7. The minimum atomic E-state index is -0.981. The van der Waals surface area contributed by atoms with Gasteiger partial charge in [0, 0.05) is 58.5 Å². The molecule has 0 aromatic heterocycles. The molecule has 19 heteroatoms. The van der Waals surface area contributed by atoms with Crippen LogP contribution in [0.4, 0.5) is 14.4 Å². The molecule has 79 heavy (non-hydrogen) atoms. The number of benzene rings is 5. The Labute approximate surface area is 496 Å². The Morgan fingerprint density at radius 3 is 1.13 bits per heavy atom. The number of nitrogens with zero attached hydrogens (tertiary/aromatic N) is 3. The summed E-state index contributed by atoms with van der Waals surface area (Å²) in [5, 5.41) is 9.43. The van der Waals surface area contributed by atoms with Gasteiger partial charge in [0.25, 0.3) is 0 Å². The molecule has 2 N–H and O–H groups in total. The van der Waals surface area contributed by atoms with E-state index in [-0.39, 0.29) is 40.6 Å². The summed E-state index contributed by atoms with van der Waals surface area (Å²) >= 11 is 3.33. The van der Waals surface area contributed by atoms with Gasteiger partial charge in [-0.25, -0.2) is 28.8 Å². The van der Waals surface area contributed by atoms with Crippen molar-refractivity contribution < 1.29 is 97.3 Å². The summed E-state index contributed by atoms with van der Waals surface area (Å²) in [4.78, 5) is 75.7. The van der Waals surface area contributed by atoms with Crippen LogP contribution in [0.3, 0.4) is 0 Å². The molecule has 1 heterocycles. The van der Waals surface area contributed by atoms with Crippen molar-refractivity contribution in [3.05, 3.63) is 153 Å². The number of methoxy groups -OCH3 is 2. The molecule has 0 aliphatic carbocycles. The second kappa shape index (κ2) is 33.3. The molecule has 3 amide bonds. The third-order valence-electron chi connectivity index (χ3n) is 10.6. The fourth-order valence-electron chi connectivity index (χ4n) is 7.04. The fraction of sp³-hybridized carbons (Fsp3) is 0.400. The van der Waals surface area contributed by atoms with E-state index in [2.05, 4.69) is 20.7 Å². The number of carbonyl (C=O) groups excluding carboxylic acids is 5. The molecule has 1 saturated heterocycles. The molecule has 5 aromatic rings. The number of carbonyl (C=O) groups is 6. The van der Waals surface area contributed by atoms with Gasteiger partial charge >= 0.3 is 65.7 Å². The average Bonchev–Trinajstić information content (AvgIpc) is 3.96. The van der Waals surface area contributed by atoms with Crippen LogP contribution in [0.1, 0.15) is 123 Å². The monoisotopic (exact) mass is 1170 g/mol. The second-order valence-corrected chi connectivity index (χ2v) is 21.8. The number of ether oxygens (including phenoxy) is 6. The maximum atomic E-state index is 12.2. The molecule has 1 aliphatic heterocycles. The number of amides is 3. The molecular weight excluding hydrogens is 1090 g/mol. The van der Waals surface area contributed by atoms with Crippen LogP contribution < -0.4 is 29.6 Å². The topological polar surface area (TPSA) is 218 Å². The Morgan fingerprint density at radius 1 is 0.506 bits per heavy atom. The summed E-state index contributed by atoms with van der Waals surface area (Å²) < 4.78 is 31.1. The molecule has 0 spiro atoms. The van der Waals surface area contributed by atoms with Crippen LogP contribution in [0.2, 0.25) is 0 Å². The summed E-state index contributed by atoms with van der Waals surface area (Å²) in [5.41, 5.74) is 5.26. The van der Waals surface area contributed by atoms with Gasteiger partial charge in [-0.1, -0.05) is 78.9 Å². The minimum absolute atomic E-state index is 0. The molecule has 424 valence electrons. The molecule has 0 saturated carbocycles. The van der Waals surface area contributed by atoms with Crippen LogP contribution in [-0.2, 0) is 48.1 Å². The third-order valence-corrected chi connectivity index (χ3v) is 11.3. The fourth-order valence-corrected chi connectivity index (χ4v) is 7.63. The molecule has 1 aliphatic rings. The number of aromatic carboxylic acids is 1. The first-order valence-electron chi connectivity index (χ1n) is 25.0. The number of carboxylic acid groups (broad SMARTS) is 1. The summed E-state index contributed by atoms with van der Waals surface area (Å²) in [6, 6.07) is 34.7. The van der Waals surface area contributed by atoms with Crippen molar-refractivity contribution in [1.29, 1.82) is 0 Å². The molecule has 5 aromatic carbocycles. The quantitative estimate of drug-likeness (QED) is 0.0740. The van der Waals surface area contributed by atoms with E-state index in [1.807, 2.05) is 135 Å².